The van der Waals surface area contributed by atoms with Gasteiger partial charge in [-0.25, -0.2) is 5.43 Å². The van der Waals surface area contributed by atoms with Gasteiger partial charge in [-0.3, -0.25) is 4.79 Å². The molecule has 0 aliphatic carbocycles. The SMILES string of the molecule is CCCOc1ccc(C(=O)N/N=C/c2cc(Cl)ccc2O)cc1OCC. The number of rotatable bonds is 8. The molecule has 0 spiro atoms. The minimum atomic E-state index is -0.411. The minimum absolute atomic E-state index is 0.0171. The van der Waals surface area contributed by atoms with E-state index in [-0.39, 0.29) is 5.75 Å². The third kappa shape index (κ3) is 5.39. The van der Waals surface area contributed by atoms with Crippen molar-refractivity contribution in [2.45, 2.75) is 20.3 Å². The monoisotopic (exact) mass is 376 g/mol. The molecule has 0 atom stereocenters. The number of carbonyl (C=O) groups is 1. The Balaban J connectivity index is 2.09. The predicted octanol–water partition coefficient (Wildman–Crippen LogP) is 4.00. The maximum Gasteiger partial charge on any atom is 0.271 e. The van der Waals surface area contributed by atoms with Gasteiger partial charge in [0.15, 0.2) is 11.5 Å². The van der Waals surface area contributed by atoms with Crippen LogP contribution in [0.5, 0.6) is 17.2 Å². The summed E-state index contributed by atoms with van der Waals surface area (Å²) in [5.41, 5.74) is 3.18. The van der Waals surface area contributed by atoms with Gasteiger partial charge >= 0.3 is 0 Å². The molecule has 0 saturated carbocycles. The van der Waals surface area contributed by atoms with E-state index in [1.807, 2.05) is 13.8 Å². The average Bonchev–Trinajstić information content (AvgIpc) is 2.63. The van der Waals surface area contributed by atoms with E-state index in [1.54, 1.807) is 30.3 Å². The molecule has 2 rings (SSSR count). The van der Waals surface area contributed by atoms with Crippen LogP contribution in [0, 0.1) is 0 Å². The maximum absolute atomic E-state index is 12.3. The van der Waals surface area contributed by atoms with Gasteiger partial charge in [-0.2, -0.15) is 5.10 Å². The van der Waals surface area contributed by atoms with Gasteiger partial charge < -0.3 is 14.6 Å². The van der Waals surface area contributed by atoms with Crippen molar-refractivity contribution >= 4 is 23.7 Å². The average molecular weight is 377 g/mol. The maximum atomic E-state index is 12.3. The lowest BCUT2D eigenvalue weighted by molar-refractivity contribution is 0.0954. The second kappa shape index (κ2) is 9.68. The molecule has 6 nitrogen and oxygen atoms in total. The highest BCUT2D eigenvalue weighted by molar-refractivity contribution is 6.30. The van der Waals surface area contributed by atoms with Crippen LogP contribution in [-0.2, 0) is 0 Å². The first-order valence-electron chi connectivity index (χ1n) is 8.26. The number of benzene rings is 2. The predicted molar refractivity (Wildman–Crippen MR) is 102 cm³/mol. The van der Waals surface area contributed by atoms with Gasteiger partial charge in [0.1, 0.15) is 5.75 Å². The smallest absolute Gasteiger partial charge is 0.271 e. The van der Waals surface area contributed by atoms with Crippen molar-refractivity contribution in [1.82, 2.24) is 5.43 Å². The first-order chi connectivity index (χ1) is 12.5. The molecule has 138 valence electrons. The molecule has 0 aliphatic rings. The van der Waals surface area contributed by atoms with Gasteiger partial charge in [0, 0.05) is 16.1 Å². The van der Waals surface area contributed by atoms with Crippen molar-refractivity contribution < 1.29 is 19.4 Å². The lowest BCUT2D eigenvalue weighted by Gasteiger charge is -2.12. The zero-order valence-electron chi connectivity index (χ0n) is 14.7. The van der Waals surface area contributed by atoms with Crippen LogP contribution in [0.25, 0.3) is 0 Å². The number of hydrazone groups is 1. The van der Waals surface area contributed by atoms with Crippen LogP contribution >= 0.6 is 11.6 Å². The Bertz CT molecular complexity index is 793. The standard InChI is InChI=1S/C19H21ClN2O4/c1-3-9-26-17-8-5-13(11-18(17)25-4-2)19(24)22-21-12-14-10-15(20)6-7-16(14)23/h5-8,10-12,23H,3-4,9H2,1-2H3,(H,22,24)/b21-12+. The Labute approximate surface area is 157 Å². The van der Waals surface area contributed by atoms with Gasteiger partial charge in [-0.15, -0.1) is 0 Å². The Hall–Kier alpha value is -2.73. The number of aromatic hydroxyl groups is 1. The van der Waals surface area contributed by atoms with E-state index in [0.29, 0.717) is 40.9 Å². The highest BCUT2D eigenvalue weighted by Crippen LogP contribution is 2.28. The zero-order valence-corrected chi connectivity index (χ0v) is 15.4. The van der Waals surface area contributed by atoms with E-state index < -0.39 is 5.91 Å². The Kier molecular flexibility index (Phi) is 7.29. The highest BCUT2D eigenvalue weighted by Gasteiger charge is 2.11. The molecule has 1 amide bonds. The van der Waals surface area contributed by atoms with Crippen LogP contribution in [0.2, 0.25) is 5.02 Å². The lowest BCUT2D eigenvalue weighted by Crippen LogP contribution is -2.17. The van der Waals surface area contributed by atoms with E-state index in [4.69, 9.17) is 21.1 Å². The van der Waals surface area contributed by atoms with Gasteiger partial charge in [0.05, 0.1) is 19.4 Å². The number of ether oxygens (including phenoxy) is 2. The molecule has 0 aromatic heterocycles. The van der Waals surface area contributed by atoms with Crippen molar-refractivity contribution in [2.24, 2.45) is 5.10 Å². The molecule has 2 aromatic carbocycles. The molecule has 0 unspecified atom stereocenters. The number of hydrogen-bond acceptors (Lipinski definition) is 5. The van der Waals surface area contributed by atoms with Crippen LogP contribution in [0.15, 0.2) is 41.5 Å². The molecule has 0 aliphatic heterocycles. The molecular formula is C19H21ClN2O4. The summed E-state index contributed by atoms with van der Waals surface area (Å²) in [5, 5.41) is 14.0. The van der Waals surface area contributed by atoms with Gasteiger partial charge in [0.25, 0.3) is 5.91 Å². The summed E-state index contributed by atoms with van der Waals surface area (Å²) >= 11 is 5.87. The van der Waals surface area contributed by atoms with Crippen molar-refractivity contribution in [3.05, 3.63) is 52.5 Å². The molecule has 2 N–H and O–H groups in total. The first kappa shape index (κ1) is 19.6. The summed E-state index contributed by atoms with van der Waals surface area (Å²) in [7, 11) is 0. The van der Waals surface area contributed by atoms with Crippen LogP contribution in [-0.4, -0.2) is 30.4 Å². The van der Waals surface area contributed by atoms with E-state index in [0.717, 1.165) is 6.42 Å². The van der Waals surface area contributed by atoms with E-state index in [1.165, 1.54) is 12.3 Å². The normalized spacial score (nSPS) is 10.7. The highest BCUT2D eigenvalue weighted by atomic mass is 35.5. The second-order valence-electron chi connectivity index (χ2n) is 5.35. The summed E-state index contributed by atoms with van der Waals surface area (Å²) < 4.78 is 11.1. The summed E-state index contributed by atoms with van der Waals surface area (Å²) in [6.07, 6.45) is 2.19. The van der Waals surface area contributed by atoms with Crippen LogP contribution in [0.1, 0.15) is 36.2 Å². The fourth-order valence-electron chi connectivity index (χ4n) is 2.10. The van der Waals surface area contributed by atoms with Crippen LogP contribution < -0.4 is 14.9 Å². The van der Waals surface area contributed by atoms with E-state index in [9.17, 15) is 9.90 Å². The van der Waals surface area contributed by atoms with E-state index >= 15 is 0 Å². The summed E-state index contributed by atoms with van der Waals surface area (Å²) in [4.78, 5) is 12.3. The molecule has 0 saturated heterocycles. The largest absolute Gasteiger partial charge is 0.507 e. The molecular weight excluding hydrogens is 356 g/mol. The second-order valence-corrected chi connectivity index (χ2v) is 5.78. The molecule has 7 heteroatoms. The Morgan fingerprint density at radius 3 is 2.73 bits per heavy atom. The quantitative estimate of drug-likeness (QED) is 0.539. The number of nitrogens with one attached hydrogen (secondary N) is 1. The fraction of sp³-hybridized carbons (Fsp3) is 0.263. The molecule has 0 radical (unpaired) electrons. The minimum Gasteiger partial charge on any atom is -0.507 e. The zero-order chi connectivity index (χ0) is 18.9. The number of phenolic OH excluding ortho intramolecular Hbond substituents is 1. The van der Waals surface area contributed by atoms with E-state index in [2.05, 4.69) is 10.5 Å². The van der Waals surface area contributed by atoms with Gasteiger partial charge in [-0.05, 0) is 49.7 Å². The Morgan fingerprint density at radius 2 is 2.00 bits per heavy atom. The Morgan fingerprint density at radius 1 is 1.19 bits per heavy atom. The van der Waals surface area contributed by atoms with Crippen LogP contribution in [0.3, 0.4) is 0 Å². The topological polar surface area (TPSA) is 80.2 Å². The van der Waals surface area contributed by atoms with Gasteiger partial charge in [0.2, 0.25) is 0 Å². The number of hydrogen-bond donors (Lipinski definition) is 2. The number of nitrogens with zero attached hydrogens (tertiary/aromatic N) is 1. The lowest BCUT2D eigenvalue weighted by atomic mass is 10.2. The summed E-state index contributed by atoms with van der Waals surface area (Å²) in [6.45, 7) is 4.90. The molecule has 0 heterocycles. The third-order valence-corrected chi connectivity index (χ3v) is 3.56. The third-order valence-electron chi connectivity index (χ3n) is 3.33. The van der Waals surface area contributed by atoms with Gasteiger partial charge in [-0.1, -0.05) is 18.5 Å². The molecule has 0 fully saturated rings. The first-order valence-corrected chi connectivity index (χ1v) is 8.64. The fourth-order valence-corrected chi connectivity index (χ4v) is 2.28. The summed E-state index contributed by atoms with van der Waals surface area (Å²) in [5.74, 6) is 0.705. The number of carbonyl (C=O) groups excluding carboxylic acids is 1. The van der Waals surface area contributed by atoms with Crippen molar-refractivity contribution in [3.63, 3.8) is 0 Å². The number of phenols is 1. The van der Waals surface area contributed by atoms with Crippen LogP contribution in [0.4, 0.5) is 0 Å². The van der Waals surface area contributed by atoms with Crippen molar-refractivity contribution in [3.8, 4) is 17.2 Å². The molecule has 26 heavy (non-hydrogen) atoms. The molecule has 2 aromatic rings. The number of halogens is 1. The summed E-state index contributed by atoms with van der Waals surface area (Å²) in [6, 6.07) is 9.49. The number of amides is 1. The van der Waals surface area contributed by atoms with Crippen molar-refractivity contribution in [2.75, 3.05) is 13.2 Å². The van der Waals surface area contributed by atoms with Crippen molar-refractivity contribution in [1.29, 1.82) is 0 Å². The molecule has 0 bridgehead atoms.